The van der Waals surface area contributed by atoms with Crippen molar-refractivity contribution in [3.63, 3.8) is 0 Å². The third-order valence-electron chi connectivity index (χ3n) is 4.58. The molecule has 0 radical (unpaired) electrons. The van der Waals surface area contributed by atoms with Crippen molar-refractivity contribution in [1.82, 2.24) is 19.6 Å². The summed E-state index contributed by atoms with van der Waals surface area (Å²) in [4.78, 5) is 42.5. The number of amides is 4. The predicted octanol–water partition coefficient (Wildman–Crippen LogP) is -0.423. The van der Waals surface area contributed by atoms with Gasteiger partial charge in [-0.1, -0.05) is 0 Å². The largest absolute Gasteiger partial charge is 0.339 e. The van der Waals surface area contributed by atoms with E-state index in [1.54, 1.807) is 0 Å². The summed E-state index contributed by atoms with van der Waals surface area (Å²) < 4.78 is 0. The molecular weight excluding hydrogens is 272 g/mol. The van der Waals surface area contributed by atoms with Crippen LogP contribution in [0.25, 0.3) is 0 Å². The molecule has 3 fully saturated rings. The summed E-state index contributed by atoms with van der Waals surface area (Å²) in [5.74, 6) is -0.191. The fraction of sp³-hybridized carbons (Fsp3) is 0.786. The molecule has 2 saturated heterocycles. The molecule has 3 rings (SSSR count). The van der Waals surface area contributed by atoms with E-state index in [0.717, 1.165) is 37.1 Å². The van der Waals surface area contributed by atoms with Crippen molar-refractivity contribution in [2.75, 3.05) is 46.3 Å². The maximum Gasteiger partial charge on any atom is 0.326 e. The zero-order chi connectivity index (χ0) is 15.0. The molecule has 0 aromatic rings. The van der Waals surface area contributed by atoms with Crippen LogP contribution < -0.4 is 0 Å². The van der Waals surface area contributed by atoms with Crippen molar-refractivity contribution >= 4 is 17.8 Å². The molecule has 1 saturated carbocycles. The van der Waals surface area contributed by atoms with E-state index in [1.807, 2.05) is 4.90 Å². The molecule has 0 N–H and O–H groups in total. The van der Waals surface area contributed by atoms with E-state index in [0.29, 0.717) is 13.0 Å². The Kier molecular flexibility index (Phi) is 3.84. The van der Waals surface area contributed by atoms with Crippen molar-refractivity contribution < 1.29 is 14.4 Å². The predicted molar refractivity (Wildman–Crippen MR) is 75.5 cm³/mol. The van der Waals surface area contributed by atoms with Gasteiger partial charge in [-0.25, -0.2) is 4.79 Å². The van der Waals surface area contributed by atoms with Gasteiger partial charge < -0.3 is 9.80 Å². The number of nitrogens with zero attached hydrogens (tertiary/aromatic N) is 4. The summed E-state index contributed by atoms with van der Waals surface area (Å²) in [6, 6.07) is 0.377. The van der Waals surface area contributed by atoms with Gasteiger partial charge in [-0.05, 0) is 12.8 Å². The molecule has 1 aliphatic carbocycles. The fourth-order valence-electron chi connectivity index (χ4n) is 3.00. The van der Waals surface area contributed by atoms with Crippen LogP contribution in [0, 0.1) is 0 Å². The molecule has 2 heterocycles. The van der Waals surface area contributed by atoms with Crippen molar-refractivity contribution in [3.8, 4) is 0 Å². The minimum Gasteiger partial charge on any atom is -0.339 e. The first-order chi connectivity index (χ1) is 10.1. The second-order valence-electron chi connectivity index (χ2n) is 6.05. The van der Waals surface area contributed by atoms with Crippen LogP contribution in [0.1, 0.15) is 19.3 Å². The van der Waals surface area contributed by atoms with Gasteiger partial charge in [-0.3, -0.25) is 19.4 Å². The number of carbonyl (C=O) groups excluding carboxylic acids is 3. The van der Waals surface area contributed by atoms with Crippen molar-refractivity contribution in [3.05, 3.63) is 0 Å². The van der Waals surface area contributed by atoms with Gasteiger partial charge in [-0.15, -0.1) is 0 Å². The number of carbonyl (C=O) groups is 3. The summed E-state index contributed by atoms with van der Waals surface area (Å²) in [5.41, 5.74) is 0. The Bertz CT molecular complexity index is 455. The quantitative estimate of drug-likeness (QED) is 0.709. The van der Waals surface area contributed by atoms with Crippen LogP contribution in [0.3, 0.4) is 0 Å². The van der Waals surface area contributed by atoms with Crippen LogP contribution in [0.15, 0.2) is 0 Å². The van der Waals surface area contributed by atoms with E-state index in [1.165, 1.54) is 24.8 Å². The highest BCUT2D eigenvalue weighted by Crippen LogP contribution is 2.27. The standard InChI is InChI=1S/C14H22N4O3/c1-15-12(19)4-5-18(14(15)21)10-13(20)17-8-6-16(7-9-17)11-2-3-11/h11H,2-10H2,1H3. The van der Waals surface area contributed by atoms with E-state index >= 15 is 0 Å². The minimum atomic E-state index is -0.365. The van der Waals surface area contributed by atoms with Crippen LogP contribution >= 0.6 is 0 Å². The van der Waals surface area contributed by atoms with Gasteiger partial charge in [0.25, 0.3) is 0 Å². The summed E-state index contributed by atoms with van der Waals surface area (Å²) in [6.07, 6.45) is 2.87. The van der Waals surface area contributed by atoms with Gasteiger partial charge in [0.1, 0.15) is 6.54 Å². The first kappa shape index (κ1) is 14.3. The molecule has 0 bridgehead atoms. The van der Waals surface area contributed by atoms with E-state index in [4.69, 9.17) is 0 Å². The number of urea groups is 1. The second kappa shape index (κ2) is 5.63. The zero-order valence-corrected chi connectivity index (χ0v) is 12.5. The molecule has 2 aliphatic heterocycles. The van der Waals surface area contributed by atoms with Gasteiger partial charge in [0.2, 0.25) is 11.8 Å². The van der Waals surface area contributed by atoms with Crippen LogP contribution in [0.4, 0.5) is 4.79 Å². The lowest BCUT2D eigenvalue weighted by Gasteiger charge is -2.37. The molecular formula is C14H22N4O3. The number of rotatable bonds is 3. The molecule has 7 heteroatoms. The first-order valence-electron chi connectivity index (χ1n) is 7.63. The first-order valence-corrected chi connectivity index (χ1v) is 7.63. The van der Waals surface area contributed by atoms with Crippen LogP contribution in [-0.2, 0) is 9.59 Å². The molecule has 3 aliphatic rings. The van der Waals surface area contributed by atoms with Gasteiger partial charge in [-0.2, -0.15) is 0 Å². The van der Waals surface area contributed by atoms with Gasteiger partial charge in [0, 0.05) is 52.2 Å². The molecule has 4 amide bonds. The number of hydrogen-bond acceptors (Lipinski definition) is 4. The van der Waals surface area contributed by atoms with Gasteiger partial charge >= 0.3 is 6.03 Å². The number of hydrogen-bond donors (Lipinski definition) is 0. The molecule has 0 unspecified atom stereocenters. The number of piperazine rings is 1. The maximum atomic E-state index is 12.3. The minimum absolute atomic E-state index is 0.0125. The molecule has 0 atom stereocenters. The lowest BCUT2D eigenvalue weighted by Crippen LogP contribution is -2.56. The Morgan fingerprint density at radius 1 is 1.10 bits per heavy atom. The summed E-state index contributed by atoms with van der Waals surface area (Å²) in [7, 11) is 1.47. The average Bonchev–Trinajstić information content (AvgIpc) is 3.33. The third-order valence-corrected chi connectivity index (χ3v) is 4.58. The number of imide groups is 1. The van der Waals surface area contributed by atoms with Crippen molar-refractivity contribution in [1.29, 1.82) is 0 Å². The monoisotopic (exact) mass is 294 g/mol. The van der Waals surface area contributed by atoms with Gasteiger partial charge in [0.15, 0.2) is 0 Å². The third kappa shape index (κ3) is 3.02. The SMILES string of the molecule is CN1C(=O)CCN(CC(=O)N2CCN(C3CC3)CC2)C1=O. The normalized spacial score (nSPS) is 24.7. The molecule has 21 heavy (non-hydrogen) atoms. The van der Waals surface area contributed by atoms with Crippen molar-refractivity contribution in [2.24, 2.45) is 0 Å². The highest BCUT2D eigenvalue weighted by atomic mass is 16.2. The van der Waals surface area contributed by atoms with Crippen LogP contribution in [0.2, 0.25) is 0 Å². The Labute approximate surface area is 124 Å². The fourth-order valence-corrected chi connectivity index (χ4v) is 3.00. The van der Waals surface area contributed by atoms with E-state index in [2.05, 4.69) is 4.90 Å². The smallest absolute Gasteiger partial charge is 0.326 e. The topological polar surface area (TPSA) is 64.2 Å². The Morgan fingerprint density at radius 3 is 2.38 bits per heavy atom. The lowest BCUT2D eigenvalue weighted by atomic mass is 10.2. The summed E-state index contributed by atoms with van der Waals surface area (Å²) >= 11 is 0. The molecule has 7 nitrogen and oxygen atoms in total. The molecule has 0 spiro atoms. The lowest BCUT2D eigenvalue weighted by molar-refractivity contribution is -0.136. The zero-order valence-electron chi connectivity index (χ0n) is 12.5. The van der Waals surface area contributed by atoms with E-state index in [9.17, 15) is 14.4 Å². The summed E-state index contributed by atoms with van der Waals surface area (Å²) in [6.45, 7) is 3.78. The molecule has 116 valence electrons. The molecule has 0 aromatic heterocycles. The summed E-state index contributed by atoms with van der Waals surface area (Å²) in [5, 5.41) is 0. The Hall–Kier alpha value is -1.63. The average molecular weight is 294 g/mol. The van der Waals surface area contributed by atoms with Crippen LogP contribution in [0.5, 0.6) is 0 Å². The van der Waals surface area contributed by atoms with Crippen molar-refractivity contribution in [2.45, 2.75) is 25.3 Å². The van der Waals surface area contributed by atoms with E-state index < -0.39 is 0 Å². The molecule has 0 aromatic carbocycles. The maximum absolute atomic E-state index is 12.3. The Morgan fingerprint density at radius 2 is 1.76 bits per heavy atom. The second-order valence-corrected chi connectivity index (χ2v) is 6.05. The Balaban J connectivity index is 1.50. The van der Waals surface area contributed by atoms with E-state index in [-0.39, 0.29) is 24.4 Å². The van der Waals surface area contributed by atoms with Gasteiger partial charge in [0.05, 0.1) is 0 Å². The highest BCUT2D eigenvalue weighted by molar-refractivity contribution is 5.97. The highest BCUT2D eigenvalue weighted by Gasteiger charge is 2.34. The van der Waals surface area contributed by atoms with Crippen LogP contribution in [-0.4, -0.2) is 89.8 Å².